The summed E-state index contributed by atoms with van der Waals surface area (Å²) >= 11 is 0. The second-order valence-corrected chi connectivity index (χ2v) is 4.98. The third-order valence-corrected chi connectivity index (χ3v) is 3.16. The van der Waals surface area contributed by atoms with Crippen LogP contribution in [0, 0.1) is 0 Å². The van der Waals surface area contributed by atoms with Crippen molar-refractivity contribution in [1.29, 1.82) is 0 Å². The molecule has 0 aliphatic rings. The van der Waals surface area contributed by atoms with Crippen LogP contribution in [-0.2, 0) is 0 Å². The zero-order valence-corrected chi connectivity index (χ0v) is 13.2. The van der Waals surface area contributed by atoms with Gasteiger partial charge in [-0.2, -0.15) is 8.78 Å². The molecule has 2 aromatic rings. The Balaban J connectivity index is 2.21. The Labute approximate surface area is 142 Å². The minimum absolute atomic E-state index is 0.0596. The van der Waals surface area contributed by atoms with E-state index in [9.17, 15) is 18.0 Å². The highest BCUT2D eigenvalue weighted by Crippen LogP contribution is 2.34. The number of hydrogen-bond donors (Lipinski definition) is 2. The van der Waals surface area contributed by atoms with Gasteiger partial charge in [-0.1, -0.05) is 6.92 Å². The molecule has 134 valence electrons. The van der Waals surface area contributed by atoms with Crippen molar-refractivity contribution in [3.63, 3.8) is 0 Å². The molecule has 2 aromatic carbocycles. The number of benzene rings is 2. The molecule has 0 radical (unpaired) electrons. The Kier molecular flexibility index (Phi) is 6.10. The summed E-state index contributed by atoms with van der Waals surface area (Å²) in [5, 5.41) is 11.8. The molecule has 25 heavy (non-hydrogen) atoms. The van der Waals surface area contributed by atoms with Crippen molar-refractivity contribution in [3.8, 4) is 11.5 Å². The molecule has 0 aliphatic carbocycles. The maximum Gasteiger partial charge on any atom is 0.387 e. The lowest BCUT2D eigenvalue weighted by Gasteiger charge is -2.16. The second-order valence-electron chi connectivity index (χ2n) is 4.98. The van der Waals surface area contributed by atoms with E-state index in [1.807, 2.05) is 0 Å². The minimum Gasteiger partial charge on any atom is -0.478 e. The quantitative estimate of drug-likeness (QED) is 0.711. The van der Waals surface area contributed by atoms with Crippen molar-refractivity contribution in [3.05, 3.63) is 48.0 Å². The first kappa shape index (κ1) is 18.4. The number of hydrogen-bond acceptors (Lipinski definition) is 4. The highest BCUT2D eigenvalue weighted by Gasteiger charge is 2.15. The van der Waals surface area contributed by atoms with Gasteiger partial charge in [-0.15, -0.1) is 0 Å². The lowest BCUT2D eigenvalue weighted by atomic mass is 10.2. The maximum absolute atomic E-state index is 13.4. The summed E-state index contributed by atoms with van der Waals surface area (Å²) in [7, 11) is 0. The van der Waals surface area contributed by atoms with Crippen LogP contribution in [0.1, 0.15) is 23.7 Å². The lowest BCUT2D eigenvalue weighted by molar-refractivity contribution is -0.0537. The Hall–Kier alpha value is -2.90. The molecular weight excluding hydrogens is 339 g/mol. The van der Waals surface area contributed by atoms with Gasteiger partial charge in [0.2, 0.25) is 6.36 Å². The fraction of sp³-hybridized carbons (Fsp3) is 0.235. The van der Waals surface area contributed by atoms with Gasteiger partial charge in [0, 0.05) is 23.9 Å². The molecule has 0 aliphatic heterocycles. The van der Waals surface area contributed by atoms with Crippen molar-refractivity contribution in [2.24, 2.45) is 0 Å². The second kappa shape index (κ2) is 8.27. The largest absolute Gasteiger partial charge is 0.478 e. The van der Waals surface area contributed by atoms with Crippen LogP contribution in [0.15, 0.2) is 42.5 Å². The zero-order valence-electron chi connectivity index (χ0n) is 13.2. The molecule has 2 rings (SSSR count). The van der Waals surface area contributed by atoms with Crippen LogP contribution < -0.4 is 14.8 Å². The van der Waals surface area contributed by atoms with Crippen LogP contribution >= 0.6 is 0 Å². The lowest BCUT2D eigenvalue weighted by Crippen LogP contribution is -2.11. The summed E-state index contributed by atoms with van der Waals surface area (Å²) < 4.78 is 47.8. The molecule has 2 N–H and O–H groups in total. The number of alkyl halides is 3. The first-order chi connectivity index (χ1) is 11.9. The molecule has 0 fully saturated rings. The summed E-state index contributed by atoms with van der Waals surface area (Å²) in [6, 6.07) is 9.90. The van der Waals surface area contributed by atoms with Crippen molar-refractivity contribution in [1.82, 2.24) is 0 Å². The van der Waals surface area contributed by atoms with Crippen LogP contribution in [0.5, 0.6) is 11.5 Å². The normalized spacial score (nSPS) is 11.9. The average molecular weight is 355 g/mol. The molecule has 0 aromatic heterocycles. The van der Waals surface area contributed by atoms with E-state index in [4.69, 9.17) is 9.84 Å². The zero-order chi connectivity index (χ0) is 18.4. The SMILES string of the molecule is CCC(F)Oc1ccc(Nc2ccc(C(=O)O)cc2)cc1OC(F)F. The molecule has 1 atom stereocenters. The molecule has 5 nitrogen and oxygen atoms in total. The molecule has 0 amide bonds. The average Bonchev–Trinajstić information content (AvgIpc) is 2.57. The van der Waals surface area contributed by atoms with E-state index in [0.29, 0.717) is 11.4 Å². The van der Waals surface area contributed by atoms with Crippen LogP contribution in [0.3, 0.4) is 0 Å². The predicted molar refractivity (Wildman–Crippen MR) is 85.6 cm³/mol. The summed E-state index contributed by atoms with van der Waals surface area (Å²) in [5.41, 5.74) is 1.04. The molecule has 0 spiro atoms. The first-order valence-corrected chi connectivity index (χ1v) is 7.39. The van der Waals surface area contributed by atoms with Crippen LogP contribution in [0.4, 0.5) is 24.5 Å². The van der Waals surface area contributed by atoms with Gasteiger partial charge in [-0.05, 0) is 36.4 Å². The number of rotatable bonds is 8. The Morgan fingerprint density at radius 3 is 2.24 bits per heavy atom. The maximum atomic E-state index is 13.4. The monoisotopic (exact) mass is 355 g/mol. The third kappa shape index (κ3) is 5.30. The molecule has 8 heteroatoms. The number of carboxylic acid groups (broad SMARTS) is 1. The van der Waals surface area contributed by atoms with E-state index >= 15 is 0 Å². The van der Waals surface area contributed by atoms with Crippen molar-refractivity contribution in [2.45, 2.75) is 26.3 Å². The van der Waals surface area contributed by atoms with Gasteiger partial charge in [0.25, 0.3) is 0 Å². The summed E-state index contributed by atoms with van der Waals surface area (Å²) in [5.74, 6) is -1.50. The van der Waals surface area contributed by atoms with Gasteiger partial charge in [0.1, 0.15) is 0 Å². The fourth-order valence-electron chi connectivity index (χ4n) is 1.96. The molecule has 0 saturated heterocycles. The van der Waals surface area contributed by atoms with E-state index in [1.165, 1.54) is 42.5 Å². The van der Waals surface area contributed by atoms with Crippen LogP contribution in [0.2, 0.25) is 0 Å². The number of nitrogens with one attached hydrogen (secondary N) is 1. The van der Waals surface area contributed by atoms with Crippen molar-refractivity contribution >= 4 is 17.3 Å². The summed E-state index contributed by atoms with van der Waals surface area (Å²) in [6.45, 7) is -1.54. The van der Waals surface area contributed by atoms with E-state index in [2.05, 4.69) is 10.1 Å². The van der Waals surface area contributed by atoms with Gasteiger partial charge in [0.05, 0.1) is 5.56 Å². The summed E-state index contributed by atoms with van der Waals surface area (Å²) in [6.07, 6.45) is -1.58. The molecule has 0 heterocycles. The number of anilines is 2. The number of aromatic carboxylic acids is 1. The fourth-order valence-corrected chi connectivity index (χ4v) is 1.96. The van der Waals surface area contributed by atoms with Gasteiger partial charge in [-0.3, -0.25) is 0 Å². The topological polar surface area (TPSA) is 67.8 Å². The van der Waals surface area contributed by atoms with Crippen LogP contribution in [-0.4, -0.2) is 24.0 Å². The summed E-state index contributed by atoms with van der Waals surface area (Å²) in [4.78, 5) is 10.8. The highest BCUT2D eigenvalue weighted by molar-refractivity contribution is 5.88. The van der Waals surface area contributed by atoms with Gasteiger partial charge >= 0.3 is 12.6 Å². The van der Waals surface area contributed by atoms with E-state index in [-0.39, 0.29) is 23.5 Å². The van der Waals surface area contributed by atoms with E-state index in [1.54, 1.807) is 6.92 Å². The molecular formula is C17H16F3NO4. The number of carbonyl (C=O) groups is 1. The van der Waals surface area contributed by atoms with E-state index in [0.717, 1.165) is 0 Å². The molecule has 0 bridgehead atoms. The van der Waals surface area contributed by atoms with Gasteiger partial charge in [-0.25, -0.2) is 9.18 Å². The number of carboxylic acids is 1. The molecule has 0 saturated carbocycles. The van der Waals surface area contributed by atoms with Gasteiger partial charge < -0.3 is 19.9 Å². The third-order valence-electron chi connectivity index (χ3n) is 3.16. The van der Waals surface area contributed by atoms with Crippen LogP contribution in [0.25, 0.3) is 0 Å². The number of halogens is 3. The molecule has 1 unspecified atom stereocenters. The standard InChI is InChI=1S/C17H16F3NO4/c1-2-15(18)24-13-8-7-12(9-14(13)25-17(19)20)21-11-5-3-10(4-6-11)16(22)23/h3-9,15,17,21H,2H2,1H3,(H,22,23). The Morgan fingerprint density at radius 1 is 1.04 bits per heavy atom. The van der Waals surface area contributed by atoms with Gasteiger partial charge in [0.15, 0.2) is 11.5 Å². The minimum atomic E-state index is -3.09. The van der Waals surface area contributed by atoms with Crippen molar-refractivity contribution < 1.29 is 32.5 Å². The number of ether oxygens (including phenoxy) is 2. The Bertz CT molecular complexity index is 722. The smallest absolute Gasteiger partial charge is 0.387 e. The van der Waals surface area contributed by atoms with Crippen molar-refractivity contribution in [2.75, 3.05) is 5.32 Å². The predicted octanol–water partition coefficient (Wildman–Crippen LogP) is 4.81. The first-order valence-electron chi connectivity index (χ1n) is 7.39. The Morgan fingerprint density at radius 2 is 1.68 bits per heavy atom. The van der Waals surface area contributed by atoms with E-state index < -0.39 is 18.9 Å². The highest BCUT2D eigenvalue weighted by atomic mass is 19.3.